The molecular formula is C9H20ClNO. The zero-order valence-electron chi connectivity index (χ0n) is 8.01. The summed E-state index contributed by atoms with van der Waals surface area (Å²) in [5.74, 6) is 0. The first-order valence-electron chi connectivity index (χ1n) is 4.48. The molecule has 3 heteroatoms. The monoisotopic (exact) mass is 193 g/mol. The van der Waals surface area contributed by atoms with Gasteiger partial charge in [-0.1, -0.05) is 13.8 Å². The number of hydrogen-bond donors (Lipinski definition) is 1. The van der Waals surface area contributed by atoms with Gasteiger partial charge in [0.2, 0.25) is 0 Å². The molecule has 1 saturated heterocycles. The Morgan fingerprint density at radius 2 is 2.08 bits per heavy atom. The second kappa shape index (κ2) is 5.05. The van der Waals surface area contributed by atoms with E-state index in [2.05, 4.69) is 13.8 Å². The van der Waals surface area contributed by atoms with E-state index in [1.54, 1.807) is 0 Å². The second-order valence-corrected chi connectivity index (χ2v) is 4.05. The third-order valence-corrected chi connectivity index (χ3v) is 2.58. The SMILES string of the molecule is CC(C)(CN)C1CCCCO1.Cl. The topological polar surface area (TPSA) is 35.2 Å². The van der Waals surface area contributed by atoms with E-state index in [9.17, 15) is 0 Å². The third-order valence-electron chi connectivity index (χ3n) is 2.58. The van der Waals surface area contributed by atoms with Gasteiger partial charge in [0.15, 0.2) is 0 Å². The summed E-state index contributed by atoms with van der Waals surface area (Å²) in [6.07, 6.45) is 4.09. The van der Waals surface area contributed by atoms with Crippen LogP contribution in [0.25, 0.3) is 0 Å². The maximum atomic E-state index is 5.66. The van der Waals surface area contributed by atoms with Gasteiger partial charge in [0, 0.05) is 12.0 Å². The standard InChI is InChI=1S/C9H19NO.ClH/c1-9(2,7-10)8-5-3-4-6-11-8;/h8H,3-7,10H2,1-2H3;1H. The minimum absolute atomic E-state index is 0. The molecule has 0 aromatic heterocycles. The highest BCUT2D eigenvalue weighted by molar-refractivity contribution is 5.85. The summed E-state index contributed by atoms with van der Waals surface area (Å²) in [4.78, 5) is 0. The quantitative estimate of drug-likeness (QED) is 0.728. The largest absolute Gasteiger partial charge is 0.378 e. The van der Waals surface area contributed by atoms with Crippen molar-refractivity contribution in [3.63, 3.8) is 0 Å². The van der Waals surface area contributed by atoms with Crippen LogP contribution in [0.4, 0.5) is 0 Å². The van der Waals surface area contributed by atoms with Gasteiger partial charge in [-0.05, 0) is 25.8 Å². The third kappa shape index (κ3) is 2.92. The van der Waals surface area contributed by atoms with E-state index in [0.717, 1.165) is 13.2 Å². The molecule has 2 nitrogen and oxygen atoms in total. The highest BCUT2D eigenvalue weighted by Gasteiger charge is 2.29. The molecule has 1 unspecified atom stereocenters. The molecular weight excluding hydrogens is 174 g/mol. The summed E-state index contributed by atoms with van der Waals surface area (Å²) in [6, 6.07) is 0. The summed E-state index contributed by atoms with van der Waals surface area (Å²) >= 11 is 0. The van der Waals surface area contributed by atoms with E-state index >= 15 is 0 Å². The number of nitrogens with two attached hydrogens (primary N) is 1. The summed E-state index contributed by atoms with van der Waals surface area (Å²) < 4.78 is 5.65. The Kier molecular flexibility index (Phi) is 5.14. The van der Waals surface area contributed by atoms with Gasteiger partial charge in [0.1, 0.15) is 0 Å². The number of ether oxygens (including phenoxy) is 1. The van der Waals surface area contributed by atoms with Crippen molar-refractivity contribution in [2.24, 2.45) is 11.1 Å². The molecule has 2 N–H and O–H groups in total. The van der Waals surface area contributed by atoms with E-state index in [-0.39, 0.29) is 17.8 Å². The van der Waals surface area contributed by atoms with Crippen molar-refractivity contribution in [3.05, 3.63) is 0 Å². The lowest BCUT2D eigenvalue weighted by atomic mass is 9.83. The Bertz CT molecular complexity index is 122. The number of halogens is 1. The Hall–Kier alpha value is 0.210. The highest BCUT2D eigenvalue weighted by atomic mass is 35.5. The minimum Gasteiger partial charge on any atom is -0.378 e. The van der Waals surface area contributed by atoms with E-state index < -0.39 is 0 Å². The van der Waals surface area contributed by atoms with Crippen molar-refractivity contribution in [2.45, 2.75) is 39.2 Å². The summed E-state index contributed by atoms with van der Waals surface area (Å²) in [7, 11) is 0. The zero-order valence-corrected chi connectivity index (χ0v) is 8.82. The predicted octanol–water partition coefficient (Wildman–Crippen LogP) is 1.96. The Morgan fingerprint density at radius 1 is 1.42 bits per heavy atom. The van der Waals surface area contributed by atoms with E-state index in [1.165, 1.54) is 19.3 Å². The van der Waals surface area contributed by atoms with Crippen molar-refractivity contribution < 1.29 is 4.74 Å². The average molecular weight is 194 g/mol. The molecule has 0 aromatic carbocycles. The first kappa shape index (κ1) is 12.2. The van der Waals surface area contributed by atoms with Crippen molar-refractivity contribution in [1.82, 2.24) is 0 Å². The van der Waals surface area contributed by atoms with Crippen LogP contribution in [0.5, 0.6) is 0 Å². The van der Waals surface area contributed by atoms with E-state index in [0.29, 0.717) is 6.10 Å². The number of rotatable bonds is 2. The zero-order chi connectivity index (χ0) is 8.32. The fraction of sp³-hybridized carbons (Fsp3) is 1.00. The molecule has 1 fully saturated rings. The van der Waals surface area contributed by atoms with Crippen LogP contribution in [0.15, 0.2) is 0 Å². The molecule has 1 aliphatic rings. The predicted molar refractivity (Wildman–Crippen MR) is 53.7 cm³/mol. The molecule has 0 amide bonds. The molecule has 0 spiro atoms. The van der Waals surface area contributed by atoms with Crippen LogP contribution < -0.4 is 5.73 Å². The van der Waals surface area contributed by atoms with Crippen molar-refractivity contribution in [3.8, 4) is 0 Å². The van der Waals surface area contributed by atoms with Crippen LogP contribution in [-0.4, -0.2) is 19.3 Å². The summed E-state index contributed by atoms with van der Waals surface area (Å²) in [6.45, 7) is 6.01. The molecule has 0 radical (unpaired) electrons. The molecule has 0 bridgehead atoms. The molecule has 1 heterocycles. The summed E-state index contributed by atoms with van der Waals surface area (Å²) in [5.41, 5.74) is 5.82. The van der Waals surface area contributed by atoms with Gasteiger partial charge in [0.05, 0.1) is 6.10 Å². The number of hydrogen-bond acceptors (Lipinski definition) is 2. The maximum absolute atomic E-state index is 5.66. The molecule has 74 valence electrons. The van der Waals surface area contributed by atoms with Crippen LogP contribution in [0, 0.1) is 5.41 Å². The van der Waals surface area contributed by atoms with Crippen molar-refractivity contribution in [2.75, 3.05) is 13.2 Å². The molecule has 1 aliphatic heterocycles. The van der Waals surface area contributed by atoms with E-state index in [1.807, 2.05) is 0 Å². The van der Waals surface area contributed by atoms with Crippen LogP contribution in [0.1, 0.15) is 33.1 Å². The molecule has 0 saturated carbocycles. The molecule has 0 aliphatic carbocycles. The molecule has 12 heavy (non-hydrogen) atoms. The van der Waals surface area contributed by atoms with Crippen molar-refractivity contribution in [1.29, 1.82) is 0 Å². The Balaban J connectivity index is 0.00000121. The van der Waals surface area contributed by atoms with Gasteiger partial charge in [-0.25, -0.2) is 0 Å². The summed E-state index contributed by atoms with van der Waals surface area (Å²) in [5, 5.41) is 0. The van der Waals surface area contributed by atoms with Crippen molar-refractivity contribution >= 4 is 12.4 Å². The highest BCUT2D eigenvalue weighted by Crippen LogP contribution is 2.28. The van der Waals surface area contributed by atoms with Gasteiger partial charge in [-0.15, -0.1) is 12.4 Å². The fourth-order valence-electron chi connectivity index (χ4n) is 1.49. The van der Waals surface area contributed by atoms with Crippen LogP contribution in [-0.2, 0) is 4.74 Å². The molecule has 1 atom stereocenters. The molecule has 1 rings (SSSR count). The van der Waals surface area contributed by atoms with E-state index in [4.69, 9.17) is 10.5 Å². The van der Waals surface area contributed by atoms with Crippen LogP contribution in [0.3, 0.4) is 0 Å². The Morgan fingerprint density at radius 3 is 2.50 bits per heavy atom. The smallest absolute Gasteiger partial charge is 0.0638 e. The van der Waals surface area contributed by atoms with Crippen LogP contribution >= 0.6 is 12.4 Å². The van der Waals surface area contributed by atoms with Crippen LogP contribution in [0.2, 0.25) is 0 Å². The minimum atomic E-state index is 0. The molecule has 0 aromatic rings. The lowest BCUT2D eigenvalue weighted by Crippen LogP contribution is -2.40. The van der Waals surface area contributed by atoms with Gasteiger partial charge in [-0.2, -0.15) is 0 Å². The second-order valence-electron chi connectivity index (χ2n) is 4.05. The fourth-order valence-corrected chi connectivity index (χ4v) is 1.49. The first-order valence-corrected chi connectivity index (χ1v) is 4.48. The first-order chi connectivity index (χ1) is 5.17. The average Bonchev–Trinajstić information content (AvgIpc) is 2.06. The maximum Gasteiger partial charge on any atom is 0.0638 e. The Labute approximate surface area is 81.3 Å². The van der Waals surface area contributed by atoms with Gasteiger partial charge >= 0.3 is 0 Å². The normalized spacial score (nSPS) is 24.8. The van der Waals surface area contributed by atoms with Gasteiger partial charge < -0.3 is 10.5 Å². The van der Waals surface area contributed by atoms with Gasteiger partial charge in [0.25, 0.3) is 0 Å². The van der Waals surface area contributed by atoms with Gasteiger partial charge in [-0.3, -0.25) is 0 Å². The lowest BCUT2D eigenvalue weighted by Gasteiger charge is -2.35. The lowest BCUT2D eigenvalue weighted by molar-refractivity contribution is -0.0509.